The fourth-order valence-corrected chi connectivity index (χ4v) is 6.20. The Hall–Kier alpha value is -7.94. The van der Waals surface area contributed by atoms with Crippen molar-refractivity contribution in [3.8, 4) is 0 Å². The van der Waals surface area contributed by atoms with Gasteiger partial charge in [-0.3, -0.25) is 39.4 Å². The van der Waals surface area contributed by atoms with E-state index in [0.717, 1.165) is 26.5 Å². The SMILES string of the molecule is Cc1cnc(NC(=O)c2ccc3c(c2)C(=O)N(c2ccc(Cc4ccc(N5C(=O)c6ccc(C(=O)Nc7ncc(N)cn7)cc6C5=O)cc4)cc2)C3=O)nc1. The summed E-state index contributed by atoms with van der Waals surface area (Å²) >= 11 is 0. The van der Waals surface area contributed by atoms with Crippen LogP contribution in [0.15, 0.2) is 110 Å². The highest BCUT2D eigenvalue weighted by atomic mass is 16.2. The zero-order valence-corrected chi connectivity index (χ0v) is 28.8. The molecule has 2 aromatic heterocycles. The number of hydrogen-bond acceptors (Lipinski definition) is 11. The Morgan fingerprint density at radius 3 is 1.35 bits per heavy atom. The van der Waals surface area contributed by atoms with E-state index in [1.807, 2.05) is 6.92 Å². The second-order valence-corrected chi connectivity index (χ2v) is 12.8. The van der Waals surface area contributed by atoms with Crippen LogP contribution < -0.4 is 26.2 Å². The maximum Gasteiger partial charge on any atom is 0.266 e. The van der Waals surface area contributed by atoms with Gasteiger partial charge in [-0.1, -0.05) is 24.3 Å². The van der Waals surface area contributed by atoms with Gasteiger partial charge < -0.3 is 5.73 Å². The molecule has 0 atom stereocenters. The van der Waals surface area contributed by atoms with Gasteiger partial charge in [0, 0.05) is 23.5 Å². The van der Waals surface area contributed by atoms with E-state index in [9.17, 15) is 28.8 Å². The summed E-state index contributed by atoms with van der Waals surface area (Å²) in [6.45, 7) is 1.82. The molecule has 0 bridgehead atoms. The van der Waals surface area contributed by atoms with Crippen LogP contribution in [-0.4, -0.2) is 55.4 Å². The molecule has 8 rings (SSSR count). The van der Waals surface area contributed by atoms with Gasteiger partial charge in [0.15, 0.2) is 0 Å². The molecule has 4 aromatic carbocycles. The lowest BCUT2D eigenvalue weighted by Crippen LogP contribution is -2.29. The highest BCUT2D eigenvalue weighted by Gasteiger charge is 2.38. The van der Waals surface area contributed by atoms with Crippen LogP contribution in [0.4, 0.5) is 29.0 Å². The molecule has 0 unspecified atom stereocenters. The number of anilines is 5. The first kappa shape index (κ1) is 34.2. The molecular formula is C40H27N9O6. The van der Waals surface area contributed by atoms with Crippen LogP contribution in [0.2, 0.25) is 0 Å². The summed E-state index contributed by atoms with van der Waals surface area (Å²) in [6.07, 6.45) is 6.30. The number of amides is 6. The summed E-state index contributed by atoms with van der Waals surface area (Å²) in [6, 6.07) is 22.4. The number of carbonyl (C=O) groups excluding carboxylic acids is 6. The number of nitrogens with zero attached hydrogens (tertiary/aromatic N) is 6. The molecule has 4 heterocycles. The maximum absolute atomic E-state index is 13.4. The summed E-state index contributed by atoms with van der Waals surface area (Å²) in [4.78, 5) is 97.1. The Labute approximate surface area is 311 Å². The molecule has 0 aliphatic carbocycles. The Balaban J connectivity index is 0.918. The molecule has 0 fully saturated rings. The van der Waals surface area contributed by atoms with Gasteiger partial charge in [0.05, 0.1) is 51.7 Å². The molecule has 55 heavy (non-hydrogen) atoms. The van der Waals surface area contributed by atoms with Crippen LogP contribution in [-0.2, 0) is 6.42 Å². The Kier molecular flexibility index (Phi) is 8.42. The van der Waals surface area contributed by atoms with Crippen molar-refractivity contribution in [3.05, 3.63) is 160 Å². The van der Waals surface area contributed by atoms with E-state index >= 15 is 0 Å². The molecule has 4 N–H and O–H groups in total. The van der Waals surface area contributed by atoms with Crippen molar-refractivity contribution in [1.29, 1.82) is 0 Å². The van der Waals surface area contributed by atoms with Gasteiger partial charge in [0.25, 0.3) is 35.4 Å². The molecule has 0 saturated carbocycles. The molecule has 0 spiro atoms. The number of rotatable bonds is 8. The second-order valence-electron chi connectivity index (χ2n) is 12.8. The zero-order chi connectivity index (χ0) is 38.4. The average Bonchev–Trinajstić information content (AvgIpc) is 3.60. The fraction of sp³-hybridized carbons (Fsp3) is 0.0500. The third kappa shape index (κ3) is 6.42. The highest BCUT2D eigenvalue weighted by molar-refractivity contribution is 6.35. The van der Waals surface area contributed by atoms with Gasteiger partial charge in [-0.05, 0) is 90.7 Å². The number of nitrogens with two attached hydrogens (primary N) is 1. The molecule has 15 nitrogen and oxygen atoms in total. The van der Waals surface area contributed by atoms with E-state index in [2.05, 4.69) is 30.6 Å². The third-order valence-corrected chi connectivity index (χ3v) is 9.00. The normalized spacial score (nSPS) is 13.2. The summed E-state index contributed by atoms with van der Waals surface area (Å²) in [5, 5.41) is 5.12. The van der Waals surface area contributed by atoms with E-state index in [0.29, 0.717) is 23.5 Å². The van der Waals surface area contributed by atoms with Gasteiger partial charge in [-0.2, -0.15) is 0 Å². The number of fused-ring (bicyclic) bond motifs is 2. The van der Waals surface area contributed by atoms with Crippen molar-refractivity contribution < 1.29 is 28.8 Å². The first-order valence-corrected chi connectivity index (χ1v) is 16.8. The van der Waals surface area contributed by atoms with Crippen LogP contribution >= 0.6 is 0 Å². The smallest absolute Gasteiger partial charge is 0.266 e. The molecule has 6 aromatic rings. The minimum Gasteiger partial charge on any atom is -0.396 e. The standard InChI is InChI=1S/C40H27N9O6/c1-21-17-42-39(43-18-21)46-33(50)24-6-12-29-31(15-24)37(54)48(35(29)52)27-8-2-22(3-9-27)14-23-4-10-28(11-5-23)49-36(53)30-13-7-25(16-32(30)38(49)55)34(51)47-40-44-19-26(41)20-45-40/h2-13,15-20H,14,41H2,1H3,(H,42,43,46,50)(H,44,45,47,51). The number of imide groups is 2. The third-order valence-electron chi connectivity index (χ3n) is 9.00. The Morgan fingerprint density at radius 2 is 0.927 bits per heavy atom. The summed E-state index contributed by atoms with van der Waals surface area (Å²) in [5.74, 6) is -3.05. The number of hydrogen-bond donors (Lipinski definition) is 3. The van der Waals surface area contributed by atoms with Crippen molar-refractivity contribution in [3.63, 3.8) is 0 Å². The van der Waals surface area contributed by atoms with Crippen LogP contribution in [0.25, 0.3) is 0 Å². The predicted molar refractivity (Wildman–Crippen MR) is 200 cm³/mol. The van der Waals surface area contributed by atoms with Crippen molar-refractivity contribution in [2.24, 2.45) is 0 Å². The summed E-state index contributed by atoms with van der Waals surface area (Å²) in [7, 11) is 0. The first-order chi connectivity index (χ1) is 26.5. The first-order valence-electron chi connectivity index (χ1n) is 16.8. The molecular weight excluding hydrogens is 702 g/mol. The molecule has 6 amide bonds. The van der Waals surface area contributed by atoms with Gasteiger partial charge in [0.2, 0.25) is 11.9 Å². The van der Waals surface area contributed by atoms with E-state index in [1.54, 1.807) is 60.9 Å². The molecule has 268 valence electrons. The Bertz CT molecular complexity index is 2410. The lowest BCUT2D eigenvalue weighted by molar-refractivity contribution is 0.0910. The number of benzene rings is 4. The van der Waals surface area contributed by atoms with E-state index in [1.165, 1.54) is 48.8 Å². The molecule has 15 heteroatoms. The van der Waals surface area contributed by atoms with Crippen LogP contribution in [0, 0.1) is 6.92 Å². The summed E-state index contributed by atoms with van der Waals surface area (Å²) < 4.78 is 0. The van der Waals surface area contributed by atoms with Gasteiger partial charge in [0.1, 0.15) is 0 Å². The van der Waals surface area contributed by atoms with Gasteiger partial charge in [-0.15, -0.1) is 0 Å². The van der Waals surface area contributed by atoms with E-state index in [4.69, 9.17) is 5.73 Å². The van der Waals surface area contributed by atoms with Gasteiger partial charge in [-0.25, -0.2) is 29.7 Å². The fourth-order valence-electron chi connectivity index (χ4n) is 6.20. The maximum atomic E-state index is 13.4. The minimum atomic E-state index is -0.564. The highest BCUT2D eigenvalue weighted by Crippen LogP contribution is 2.32. The number of aromatic nitrogens is 4. The molecule has 2 aliphatic rings. The van der Waals surface area contributed by atoms with E-state index < -0.39 is 35.4 Å². The van der Waals surface area contributed by atoms with Crippen molar-refractivity contribution >= 4 is 64.4 Å². The van der Waals surface area contributed by atoms with Crippen LogP contribution in [0.5, 0.6) is 0 Å². The largest absolute Gasteiger partial charge is 0.396 e. The minimum absolute atomic E-state index is 0.0380. The molecule has 0 saturated heterocycles. The average molecular weight is 730 g/mol. The molecule has 0 radical (unpaired) electrons. The van der Waals surface area contributed by atoms with Crippen molar-refractivity contribution in [2.45, 2.75) is 13.3 Å². The Morgan fingerprint density at radius 1 is 0.545 bits per heavy atom. The molecule has 2 aliphatic heterocycles. The van der Waals surface area contributed by atoms with Crippen LogP contribution in [0.1, 0.15) is 78.8 Å². The van der Waals surface area contributed by atoms with E-state index in [-0.39, 0.29) is 45.3 Å². The quantitative estimate of drug-likeness (QED) is 0.180. The lowest BCUT2D eigenvalue weighted by Gasteiger charge is -2.15. The van der Waals surface area contributed by atoms with Crippen molar-refractivity contribution in [1.82, 2.24) is 19.9 Å². The van der Waals surface area contributed by atoms with Crippen LogP contribution in [0.3, 0.4) is 0 Å². The number of nitrogen functional groups attached to an aromatic ring is 1. The lowest BCUT2D eigenvalue weighted by atomic mass is 10.0. The predicted octanol–water partition coefficient (Wildman–Crippen LogP) is 4.85. The van der Waals surface area contributed by atoms with Gasteiger partial charge >= 0.3 is 0 Å². The zero-order valence-electron chi connectivity index (χ0n) is 28.8. The van der Waals surface area contributed by atoms with Crippen molar-refractivity contribution in [2.75, 3.05) is 26.2 Å². The number of nitrogens with one attached hydrogen (secondary N) is 2. The second kappa shape index (κ2) is 13.6. The monoisotopic (exact) mass is 729 g/mol. The topological polar surface area (TPSA) is 211 Å². The number of aryl methyl sites for hydroxylation is 1. The number of carbonyl (C=O) groups is 6. The summed E-state index contributed by atoms with van der Waals surface area (Å²) in [5.41, 5.74) is 10.1.